The van der Waals surface area contributed by atoms with Crippen LogP contribution in [-0.2, 0) is 22.4 Å². The van der Waals surface area contributed by atoms with E-state index in [1.165, 1.54) is 42.4 Å². The Bertz CT molecular complexity index is 1480. The number of ether oxygens (including phenoxy) is 1. The van der Waals surface area contributed by atoms with E-state index in [0.29, 0.717) is 35.1 Å². The van der Waals surface area contributed by atoms with E-state index in [-0.39, 0.29) is 12.0 Å². The first-order chi connectivity index (χ1) is 19.6. The Balaban J connectivity index is 1.17. The fraction of sp³-hybridized carbons (Fsp3) is 0.533. The number of benzene rings is 1. The Kier molecular flexibility index (Phi) is 7.48. The van der Waals surface area contributed by atoms with E-state index in [1.54, 1.807) is 0 Å². The summed E-state index contributed by atoms with van der Waals surface area (Å²) in [5.74, 6) is 0.855. The van der Waals surface area contributed by atoms with Gasteiger partial charge in [0, 0.05) is 43.7 Å². The zero-order valence-electron chi connectivity index (χ0n) is 24.1. The first kappa shape index (κ1) is 28.0. The average Bonchev–Trinajstić information content (AvgIpc) is 3.56. The van der Waals surface area contributed by atoms with Crippen LogP contribution in [0.2, 0.25) is 5.02 Å². The lowest BCUT2D eigenvalue weighted by molar-refractivity contribution is -0.114. The van der Waals surface area contributed by atoms with Gasteiger partial charge in [0.15, 0.2) is 5.13 Å². The molecular formula is C30H37ClN6O3S. The van der Waals surface area contributed by atoms with E-state index in [0.717, 1.165) is 59.9 Å². The molecule has 41 heavy (non-hydrogen) atoms. The van der Waals surface area contributed by atoms with Crippen molar-refractivity contribution in [2.45, 2.75) is 77.7 Å². The summed E-state index contributed by atoms with van der Waals surface area (Å²) in [5, 5.41) is 12.8. The number of rotatable bonds is 6. The molecule has 3 aliphatic rings. The molecule has 2 fully saturated rings. The number of halogens is 1. The molecule has 1 aromatic carbocycles. The summed E-state index contributed by atoms with van der Waals surface area (Å²) < 4.78 is 7.52. The second-order valence-electron chi connectivity index (χ2n) is 12.3. The number of nitrogens with one attached hydrogen (secondary N) is 2. The van der Waals surface area contributed by atoms with Crippen LogP contribution in [0.15, 0.2) is 18.2 Å². The van der Waals surface area contributed by atoms with Gasteiger partial charge in [-0.3, -0.25) is 4.79 Å². The van der Waals surface area contributed by atoms with E-state index >= 15 is 0 Å². The number of aromatic nitrogens is 3. The highest BCUT2D eigenvalue weighted by Gasteiger charge is 2.36. The molecule has 0 unspecified atom stereocenters. The van der Waals surface area contributed by atoms with Crippen LogP contribution in [0.3, 0.4) is 0 Å². The number of anilines is 2. The SMILES string of the molecule is CC(=O)Nc1nc2c(s1)-c1c(c(C3CC3)nn1-c1ccc(NCC3CCN(C(=O)OC(C)(C)C)CC3)cc1Cl)CC2. The summed E-state index contributed by atoms with van der Waals surface area (Å²) in [4.78, 5) is 31.6. The second-order valence-corrected chi connectivity index (χ2v) is 13.7. The minimum atomic E-state index is -0.478. The molecule has 9 nitrogen and oxygen atoms in total. The molecule has 0 radical (unpaired) electrons. The number of thiazole rings is 1. The number of carbonyl (C=O) groups excluding carboxylic acids is 2. The quantitative estimate of drug-likeness (QED) is 0.331. The van der Waals surface area contributed by atoms with Crippen molar-refractivity contribution in [3.8, 4) is 16.3 Å². The predicted octanol–water partition coefficient (Wildman–Crippen LogP) is 6.64. The molecule has 218 valence electrons. The topological polar surface area (TPSA) is 101 Å². The Labute approximate surface area is 249 Å². The maximum absolute atomic E-state index is 12.4. The van der Waals surface area contributed by atoms with Crippen LogP contribution >= 0.6 is 22.9 Å². The van der Waals surface area contributed by atoms with Crippen molar-refractivity contribution < 1.29 is 14.3 Å². The molecule has 1 saturated heterocycles. The van der Waals surface area contributed by atoms with Gasteiger partial charge in [-0.2, -0.15) is 5.10 Å². The van der Waals surface area contributed by atoms with Crippen LogP contribution in [0.25, 0.3) is 16.3 Å². The van der Waals surface area contributed by atoms with Crippen molar-refractivity contribution in [2.75, 3.05) is 30.3 Å². The number of hydrogen-bond acceptors (Lipinski definition) is 7. The average molecular weight is 597 g/mol. The third kappa shape index (κ3) is 6.09. The predicted molar refractivity (Wildman–Crippen MR) is 162 cm³/mol. The molecule has 3 aromatic rings. The highest BCUT2D eigenvalue weighted by Crippen LogP contribution is 2.48. The van der Waals surface area contributed by atoms with E-state index in [1.807, 2.05) is 42.5 Å². The van der Waals surface area contributed by atoms with Gasteiger partial charge >= 0.3 is 6.09 Å². The molecule has 0 atom stereocenters. The number of fused-ring (bicyclic) bond motifs is 3. The highest BCUT2D eigenvalue weighted by molar-refractivity contribution is 7.19. The molecule has 3 heterocycles. The second kappa shape index (κ2) is 10.9. The number of aryl methyl sites for hydroxylation is 1. The summed E-state index contributed by atoms with van der Waals surface area (Å²) in [6.07, 6.45) is 5.71. The molecule has 11 heteroatoms. The number of nitrogens with zero attached hydrogens (tertiary/aromatic N) is 4. The van der Waals surface area contributed by atoms with Gasteiger partial charge in [0.25, 0.3) is 0 Å². The maximum atomic E-state index is 12.4. The molecule has 6 rings (SSSR count). The summed E-state index contributed by atoms with van der Waals surface area (Å²) in [7, 11) is 0. The number of amides is 2. The third-order valence-electron chi connectivity index (χ3n) is 7.82. The van der Waals surface area contributed by atoms with Gasteiger partial charge in [0.1, 0.15) is 5.60 Å². The maximum Gasteiger partial charge on any atom is 0.410 e. The van der Waals surface area contributed by atoms with Crippen molar-refractivity contribution in [3.63, 3.8) is 0 Å². The molecule has 2 aliphatic carbocycles. The van der Waals surface area contributed by atoms with E-state index in [2.05, 4.69) is 16.7 Å². The van der Waals surface area contributed by atoms with Gasteiger partial charge in [-0.05, 0) is 83.4 Å². The fourth-order valence-electron chi connectivity index (χ4n) is 5.66. The number of carbonyl (C=O) groups is 2. The summed E-state index contributed by atoms with van der Waals surface area (Å²) in [5.41, 5.74) is 5.85. The van der Waals surface area contributed by atoms with Gasteiger partial charge in [-0.1, -0.05) is 22.9 Å². The molecule has 1 aliphatic heterocycles. The fourth-order valence-corrected chi connectivity index (χ4v) is 7.03. The minimum absolute atomic E-state index is 0.122. The van der Waals surface area contributed by atoms with E-state index < -0.39 is 5.60 Å². The van der Waals surface area contributed by atoms with Gasteiger partial charge < -0.3 is 20.3 Å². The molecule has 1 saturated carbocycles. The highest BCUT2D eigenvalue weighted by atomic mass is 35.5. The Morgan fingerprint density at radius 2 is 1.90 bits per heavy atom. The van der Waals surface area contributed by atoms with Crippen molar-refractivity contribution in [2.24, 2.45) is 5.92 Å². The minimum Gasteiger partial charge on any atom is -0.444 e. The lowest BCUT2D eigenvalue weighted by Crippen LogP contribution is -2.42. The van der Waals surface area contributed by atoms with Gasteiger partial charge in [-0.15, -0.1) is 0 Å². The third-order valence-corrected chi connectivity index (χ3v) is 9.15. The van der Waals surface area contributed by atoms with E-state index in [9.17, 15) is 9.59 Å². The van der Waals surface area contributed by atoms with Crippen LogP contribution in [0.1, 0.15) is 76.2 Å². The molecule has 0 bridgehead atoms. The molecule has 2 N–H and O–H groups in total. The van der Waals surface area contributed by atoms with Crippen LogP contribution in [0, 0.1) is 5.92 Å². The standard InChI is InChI=1S/C30H37ClN6O3S/c1-17(38)33-28-34-23-9-8-21-25(19-5-6-19)35-37(26(21)27(23)41-28)24-10-7-20(15-22(24)31)32-16-18-11-13-36(14-12-18)29(39)40-30(2,3)4/h7,10,15,18-19,32H,5-6,8-9,11-14,16H2,1-4H3,(H,33,34,38). The number of hydrogen-bond donors (Lipinski definition) is 2. The Morgan fingerprint density at radius 1 is 1.15 bits per heavy atom. The van der Waals surface area contributed by atoms with Crippen molar-refractivity contribution >= 4 is 45.8 Å². The largest absolute Gasteiger partial charge is 0.444 e. The summed E-state index contributed by atoms with van der Waals surface area (Å²) in [6, 6.07) is 6.06. The lowest BCUT2D eigenvalue weighted by Gasteiger charge is -2.33. The van der Waals surface area contributed by atoms with Crippen LogP contribution in [0.5, 0.6) is 0 Å². The molecule has 0 spiro atoms. The number of likely N-dealkylation sites (tertiary alicyclic amines) is 1. The Morgan fingerprint density at radius 3 is 2.56 bits per heavy atom. The molecule has 2 aromatic heterocycles. The normalized spacial score (nSPS) is 17.1. The first-order valence-corrected chi connectivity index (χ1v) is 15.7. The van der Waals surface area contributed by atoms with Crippen LogP contribution < -0.4 is 10.6 Å². The lowest BCUT2D eigenvalue weighted by atomic mass is 9.96. The van der Waals surface area contributed by atoms with Crippen LogP contribution in [-0.4, -0.2) is 56.9 Å². The molecule has 2 amide bonds. The van der Waals surface area contributed by atoms with Crippen LogP contribution in [0.4, 0.5) is 15.6 Å². The summed E-state index contributed by atoms with van der Waals surface area (Å²) >= 11 is 8.42. The van der Waals surface area contributed by atoms with Gasteiger partial charge in [0.05, 0.1) is 32.7 Å². The summed E-state index contributed by atoms with van der Waals surface area (Å²) in [6.45, 7) is 9.42. The van der Waals surface area contributed by atoms with Crippen molar-refractivity contribution in [3.05, 3.63) is 40.2 Å². The van der Waals surface area contributed by atoms with Crippen molar-refractivity contribution in [1.82, 2.24) is 19.7 Å². The van der Waals surface area contributed by atoms with E-state index in [4.69, 9.17) is 26.4 Å². The zero-order chi connectivity index (χ0) is 28.9. The van der Waals surface area contributed by atoms with Gasteiger partial charge in [-0.25, -0.2) is 14.5 Å². The first-order valence-electron chi connectivity index (χ1n) is 14.5. The molecular weight excluding hydrogens is 560 g/mol. The number of piperidine rings is 1. The van der Waals surface area contributed by atoms with Gasteiger partial charge in [0.2, 0.25) is 5.91 Å². The monoisotopic (exact) mass is 596 g/mol. The smallest absolute Gasteiger partial charge is 0.410 e. The van der Waals surface area contributed by atoms with Crippen molar-refractivity contribution in [1.29, 1.82) is 0 Å². The Hall–Kier alpha value is -3.11. The zero-order valence-corrected chi connectivity index (χ0v) is 25.6.